The number of aryl methyl sites for hydroxylation is 6. The summed E-state index contributed by atoms with van der Waals surface area (Å²) < 4.78 is 0. The molecule has 0 N–H and O–H groups in total. The topological polar surface area (TPSA) is 31.2 Å². The highest BCUT2D eigenvalue weighted by atomic mass is 15.6. The monoisotopic (exact) mass is 502 g/mol. The van der Waals surface area contributed by atoms with Gasteiger partial charge in [0.2, 0.25) is 0 Å². The van der Waals surface area contributed by atoms with Gasteiger partial charge in [-0.15, -0.1) is 0 Å². The molecule has 194 valence electrons. The van der Waals surface area contributed by atoms with Crippen LogP contribution in [0.15, 0.2) is 94.9 Å². The smallest absolute Gasteiger partial charge is 0.157 e. The van der Waals surface area contributed by atoms with E-state index >= 15 is 0 Å². The average molecular weight is 503 g/mol. The van der Waals surface area contributed by atoms with E-state index in [-0.39, 0.29) is 0 Å². The van der Waals surface area contributed by atoms with Gasteiger partial charge in [-0.1, -0.05) is 96.1 Å². The van der Waals surface area contributed by atoms with Crippen LogP contribution < -0.4 is 0 Å². The van der Waals surface area contributed by atoms with Crippen LogP contribution >= 0.6 is 0 Å². The Bertz CT molecular complexity index is 1320. The molecule has 0 amide bonds. The lowest BCUT2D eigenvalue weighted by Crippen LogP contribution is -2.47. The first-order valence-electron chi connectivity index (χ1n) is 13.1. The highest BCUT2D eigenvalue weighted by molar-refractivity contribution is 6.15. The quantitative estimate of drug-likeness (QED) is 0.157. The maximum absolute atomic E-state index is 5.35. The Hall–Kier alpha value is -4.02. The van der Waals surface area contributed by atoms with Crippen molar-refractivity contribution in [1.29, 1.82) is 0 Å². The molecule has 0 unspecified atom stereocenters. The molecule has 0 saturated heterocycles. The van der Waals surface area contributed by atoms with E-state index in [0.717, 1.165) is 56.4 Å². The van der Waals surface area contributed by atoms with E-state index in [9.17, 15) is 0 Å². The van der Waals surface area contributed by atoms with Crippen molar-refractivity contribution in [3.05, 3.63) is 129 Å². The molecule has 0 radical (unpaired) electrons. The molecule has 0 aliphatic rings. The molecular weight excluding hydrogens is 464 g/mol. The first kappa shape index (κ1) is 27.0. The number of aliphatic imine (C=N–C) groups is 2. The molecule has 38 heavy (non-hydrogen) atoms. The van der Waals surface area contributed by atoms with Gasteiger partial charge in [0.1, 0.15) is 0 Å². The molecule has 0 heterocycles. The third-order valence-corrected chi connectivity index (χ3v) is 6.74. The Morgan fingerprint density at radius 2 is 0.789 bits per heavy atom. The highest BCUT2D eigenvalue weighted by Gasteiger charge is 2.25. The predicted molar refractivity (Wildman–Crippen MR) is 162 cm³/mol. The van der Waals surface area contributed by atoms with Gasteiger partial charge < -0.3 is 0 Å². The van der Waals surface area contributed by atoms with E-state index in [2.05, 4.69) is 136 Å². The number of benzene rings is 4. The fourth-order valence-corrected chi connectivity index (χ4v) is 4.53. The van der Waals surface area contributed by atoms with E-state index in [1.54, 1.807) is 0 Å². The molecule has 0 aromatic heterocycles. The lowest BCUT2D eigenvalue weighted by Gasteiger charge is -2.33. The van der Waals surface area contributed by atoms with Gasteiger partial charge in [0, 0.05) is 25.2 Å². The summed E-state index contributed by atoms with van der Waals surface area (Å²) in [7, 11) is 4.09. The summed E-state index contributed by atoms with van der Waals surface area (Å²) in [5.74, 6) is 1.64. The molecule has 4 rings (SSSR count). The highest BCUT2D eigenvalue weighted by Crippen LogP contribution is 2.29. The van der Waals surface area contributed by atoms with Crippen molar-refractivity contribution in [3.63, 3.8) is 0 Å². The Morgan fingerprint density at radius 3 is 1.08 bits per heavy atom. The Balaban J connectivity index is 2.05. The molecule has 0 aliphatic carbocycles. The zero-order chi connectivity index (χ0) is 27.4. The third kappa shape index (κ3) is 5.92. The summed E-state index contributed by atoms with van der Waals surface area (Å²) in [6.45, 7) is 12.7. The Morgan fingerprint density at radius 1 is 0.474 bits per heavy atom. The molecule has 0 bridgehead atoms. The lowest BCUT2D eigenvalue weighted by atomic mass is 10.1. The summed E-state index contributed by atoms with van der Waals surface area (Å²) in [5.41, 5.74) is 11.0. The first-order chi connectivity index (χ1) is 18.2. The molecular formula is C34H38N4. The van der Waals surface area contributed by atoms with Crippen LogP contribution in [0.3, 0.4) is 0 Å². The van der Waals surface area contributed by atoms with Gasteiger partial charge in [-0.25, -0.2) is 20.0 Å². The number of hydrogen-bond donors (Lipinski definition) is 0. The van der Waals surface area contributed by atoms with Gasteiger partial charge in [-0.3, -0.25) is 0 Å². The van der Waals surface area contributed by atoms with Gasteiger partial charge in [0.05, 0.1) is 11.4 Å². The second-order valence-corrected chi connectivity index (χ2v) is 10.2. The van der Waals surface area contributed by atoms with Crippen LogP contribution in [0.5, 0.6) is 0 Å². The Labute approximate surface area is 228 Å². The normalized spacial score (nSPS) is 12.2. The summed E-state index contributed by atoms with van der Waals surface area (Å²) in [6, 6.07) is 29.7. The van der Waals surface area contributed by atoms with Crippen molar-refractivity contribution >= 4 is 23.0 Å². The number of hydrogen-bond acceptors (Lipinski definition) is 3. The first-order valence-corrected chi connectivity index (χ1v) is 13.1. The molecule has 4 nitrogen and oxygen atoms in total. The minimum absolute atomic E-state index is 0.818. The molecule has 4 aromatic carbocycles. The van der Waals surface area contributed by atoms with Crippen molar-refractivity contribution in [3.8, 4) is 0 Å². The fourth-order valence-electron chi connectivity index (χ4n) is 4.53. The molecule has 4 heteroatoms. The van der Waals surface area contributed by atoms with Gasteiger partial charge >= 0.3 is 0 Å². The van der Waals surface area contributed by atoms with Crippen molar-refractivity contribution in [2.45, 2.75) is 41.5 Å². The van der Waals surface area contributed by atoms with E-state index in [1.165, 1.54) is 11.1 Å². The molecule has 0 spiro atoms. The summed E-state index contributed by atoms with van der Waals surface area (Å²) >= 11 is 0. The zero-order valence-electron chi connectivity index (χ0n) is 23.9. The van der Waals surface area contributed by atoms with Crippen LogP contribution in [-0.4, -0.2) is 35.8 Å². The lowest BCUT2D eigenvalue weighted by molar-refractivity contribution is 0.199. The van der Waals surface area contributed by atoms with E-state index in [4.69, 9.17) is 9.98 Å². The SMILES string of the molecule is Cc1ccc(/C(=N\c2c(C)cccc2C)N(/C(=N/c2c(C)cccc2C)c2ccc(C)cc2)N(C)C)cc1. The van der Waals surface area contributed by atoms with Gasteiger partial charge in [-0.2, -0.15) is 0 Å². The van der Waals surface area contributed by atoms with Gasteiger partial charge in [0.25, 0.3) is 0 Å². The summed E-state index contributed by atoms with van der Waals surface area (Å²) in [5, 5.41) is 4.20. The number of rotatable bonds is 5. The number of para-hydroxylation sites is 2. The van der Waals surface area contributed by atoms with Gasteiger partial charge in [-0.05, 0) is 63.8 Å². The maximum Gasteiger partial charge on any atom is 0.157 e. The van der Waals surface area contributed by atoms with Crippen LogP contribution in [0.2, 0.25) is 0 Å². The maximum atomic E-state index is 5.35. The average Bonchev–Trinajstić information content (AvgIpc) is 2.87. The predicted octanol–water partition coefficient (Wildman–Crippen LogP) is 8.17. The second-order valence-electron chi connectivity index (χ2n) is 10.2. The van der Waals surface area contributed by atoms with Crippen molar-refractivity contribution in [2.75, 3.05) is 14.1 Å². The van der Waals surface area contributed by atoms with Crippen molar-refractivity contribution in [1.82, 2.24) is 10.0 Å². The number of hydrazine groups is 1. The van der Waals surface area contributed by atoms with Crippen LogP contribution in [0.4, 0.5) is 11.4 Å². The Kier molecular flexibility index (Phi) is 8.23. The van der Waals surface area contributed by atoms with E-state index < -0.39 is 0 Å². The molecule has 0 fully saturated rings. The zero-order valence-corrected chi connectivity index (χ0v) is 23.9. The molecule has 0 saturated carbocycles. The molecule has 0 atom stereocenters. The van der Waals surface area contributed by atoms with Crippen molar-refractivity contribution in [2.24, 2.45) is 9.98 Å². The molecule has 0 aliphatic heterocycles. The number of nitrogens with zero attached hydrogens (tertiary/aromatic N) is 4. The minimum atomic E-state index is 0.818. The number of amidine groups is 2. The summed E-state index contributed by atoms with van der Waals surface area (Å²) in [6.07, 6.45) is 0. The van der Waals surface area contributed by atoms with Crippen LogP contribution in [0.25, 0.3) is 0 Å². The van der Waals surface area contributed by atoms with Crippen molar-refractivity contribution < 1.29 is 0 Å². The van der Waals surface area contributed by atoms with Crippen LogP contribution in [0.1, 0.15) is 44.5 Å². The fraction of sp³-hybridized carbons (Fsp3) is 0.235. The third-order valence-electron chi connectivity index (χ3n) is 6.74. The van der Waals surface area contributed by atoms with Gasteiger partial charge in [0.15, 0.2) is 11.7 Å². The largest absolute Gasteiger partial charge is 0.238 e. The second kappa shape index (κ2) is 11.6. The van der Waals surface area contributed by atoms with E-state index in [1.807, 2.05) is 14.1 Å². The molecule has 4 aromatic rings. The van der Waals surface area contributed by atoms with Crippen LogP contribution in [-0.2, 0) is 0 Å². The standard InChI is InChI=1S/C34H38N4/c1-23-15-19-29(20-16-23)33(35-31-25(3)11-9-12-26(31)4)38(37(7)8)34(30-21-17-24(2)18-22-30)36-32-27(5)13-10-14-28(32)6/h9-22H,1-8H3/b35-33+,36-34+. The summed E-state index contributed by atoms with van der Waals surface area (Å²) in [4.78, 5) is 10.7. The minimum Gasteiger partial charge on any atom is -0.238 e. The van der Waals surface area contributed by atoms with Crippen LogP contribution in [0, 0.1) is 41.5 Å². The van der Waals surface area contributed by atoms with E-state index in [0.29, 0.717) is 0 Å².